The number of hydrogen-bond donors (Lipinski definition) is 0. The van der Waals surface area contributed by atoms with Crippen molar-refractivity contribution in [2.75, 3.05) is 0 Å². The van der Waals surface area contributed by atoms with E-state index >= 15 is 0 Å². The van der Waals surface area contributed by atoms with Gasteiger partial charge in [0, 0.05) is 5.56 Å². The van der Waals surface area contributed by atoms with Crippen LogP contribution in [-0.4, -0.2) is 14.6 Å². The van der Waals surface area contributed by atoms with Crippen LogP contribution in [-0.2, 0) is 0 Å². The molecule has 0 bridgehead atoms. The molecule has 6 heteroatoms. The molecule has 26 heavy (non-hydrogen) atoms. The van der Waals surface area contributed by atoms with Crippen LogP contribution in [0.3, 0.4) is 0 Å². The Morgan fingerprint density at radius 2 is 1.85 bits per heavy atom. The Kier molecular flexibility index (Phi) is 4.18. The van der Waals surface area contributed by atoms with Crippen molar-refractivity contribution in [3.05, 3.63) is 91.7 Å². The van der Waals surface area contributed by atoms with Gasteiger partial charge >= 0.3 is 0 Å². The molecule has 2 heterocycles. The van der Waals surface area contributed by atoms with Gasteiger partial charge in [-0.25, -0.2) is 4.39 Å². The van der Waals surface area contributed by atoms with E-state index in [1.54, 1.807) is 24.3 Å². The molecule has 0 saturated heterocycles. The maximum absolute atomic E-state index is 13.8. The van der Waals surface area contributed by atoms with Gasteiger partial charge in [0.15, 0.2) is 5.82 Å². The molecule has 0 aliphatic carbocycles. The molecule has 4 rings (SSSR count). The van der Waals surface area contributed by atoms with E-state index in [1.165, 1.54) is 33.6 Å². The molecule has 0 spiro atoms. The van der Waals surface area contributed by atoms with Gasteiger partial charge in [-0.05, 0) is 30.7 Å². The largest absolute Gasteiger partial charge is 0.291 e. The van der Waals surface area contributed by atoms with Gasteiger partial charge in [-0.1, -0.05) is 65.4 Å². The minimum absolute atomic E-state index is 0.296. The zero-order valence-corrected chi connectivity index (χ0v) is 14.7. The number of halogens is 1. The molecular formula is C20H14FN3OS. The number of benzene rings is 2. The van der Waals surface area contributed by atoms with Crippen molar-refractivity contribution in [3.63, 3.8) is 0 Å². The molecular weight excluding hydrogens is 349 g/mol. The lowest BCUT2D eigenvalue weighted by molar-refractivity contribution is 0.625. The summed E-state index contributed by atoms with van der Waals surface area (Å²) in [7, 11) is 0. The van der Waals surface area contributed by atoms with Crippen LogP contribution in [0.4, 0.5) is 4.39 Å². The molecule has 0 N–H and O–H groups in total. The molecule has 0 unspecified atom stereocenters. The van der Waals surface area contributed by atoms with Gasteiger partial charge in [-0.3, -0.25) is 4.79 Å². The number of rotatable bonds is 3. The van der Waals surface area contributed by atoms with Crippen LogP contribution in [0.5, 0.6) is 0 Å². The monoisotopic (exact) mass is 363 g/mol. The molecule has 0 fully saturated rings. The van der Waals surface area contributed by atoms with Crippen molar-refractivity contribution in [1.82, 2.24) is 14.6 Å². The van der Waals surface area contributed by atoms with E-state index < -0.39 is 0 Å². The maximum atomic E-state index is 13.8. The number of aryl methyl sites for hydroxylation is 1. The van der Waals surface area contributed by atoms with E-state index in [0.29, 0.717) is 20.9 Å². The lowest BCUT2D eigenvalue weighted by atomic mass is 10.1. The average molecular weight is 363 g/mol. The molecule has 128 valence electrons. The highest BCUT2D eigenvalue weighted by molar-refractivity contribution is 7.15. The summed E-state index contributed by atoms with van der Waals surface area (Å²) >= 11 is 1.19. The molecule has 0 atom stereocenters. The Balaban J connectivity index is 1.69. The van der Waals surface area contributed by atoms with Crippen LogP contribution in [0, 0.1) is 12.7 Å². The third kappa shape index (κ3) is 3.19. The third-order valence-electron chi connectivity index (χ3n) is 3.89. The van der Waals surface area contributed by atoms with E-state index in [1.807, 2.05) is 37.3 Å². The zero-order valence-electron chi connectivity index (χ0n) is 13.9. The predicted molar refractivity (Wildman–Crippen MR) is 102 cm³/mol. The van der Waals surface area contributed by atoms with E-state index in [9.17, 15) is 9.18 Å². The second-order valence-corrected chi connectivity index (χ2v) is 6.85. The van der Waals surface area contributed by atoms with Crippen LogP contribution >= 0.6 is 11.3 Å². The fourth-order valence-corrected chi connectivity index (χ4v) is 3.41. The van der Waals surface area contributed by atoms with Gasteiger partial charge in [0.25, 0.3) is 5.56 Å². The first kappa shape index (κ1) is 16.4. The second kappa shape index (κ2) is 6.65. The van der Waals surface area contributed by atoms with Gasteiger partial charge in [-0.2, -0.15) is 9.50 Å². The Bertz CT molecular complexity index is 1220. The quantitative estimate of drug-likeness (QED) is 0.561. The van der Waals surface area contributed by atoms with E-state index in [4.69, 9.17) is 0 Å². The van der Waals surface area contributed by atoms with Crippen molar-refractivity contribution in [2.24, 2.45) is 0 Å². The van der Waals surface area contributed by atoms with Gasteiger partial charge in [0.2, 0.25) is 4.96 Å². The summed E-state index contributed by atoms with van der Waals surface area (Å²) in [6, 6.07) is 14.4. The van der Waals surface area contributed by atoms with E-state index in [2.05, 4.69) is 10.1 Å². The van der Waals surface area contributed by atoms with Crippen LogP contribution < -0.4 is 10.1 Å². The standard InChI is InChI=1S/C20H14FN3OS/c1-13-6-8-14(9-7-13)10-11-18-22-20-24(23-18)19(25)17(26-20)12-15-4-2-3-5-16(15)21/h2-12H,1H3/b11-10+,17-12+. The topological polar surface area (TPSA) is 47.3 Å². The van der Waals surface area contributed by atoms with Gasteiger partial charge < -0.3 is 0 Å². The van der Waals surface area contributed by atoms with Crippen molar-refractivity contribution in [1.29, 1.82) is 0 Å². The maximum Gasteiger partial charge on any atom is 0.291 e. The summed E-state index contributed by atoms with van der Waals surface area (Å²) in [5, 5.41) is 4.23. The summed E-state index contributed by atoms with van der Waals surface area (Å²) < 4.78 is 15.4. The minimum Gasteiger partial charge on any atom is -0.266 e. The minimum atomic E-state index is -0.368. The van der Waals surface area contributed by atoms with Crippen molar-refractivity contribution in [2.45, 2.75) is 6.92 Å². The Morgan fingerprint density at radius 3 is 2.58 bits per heavy atom. The lowest BCUT2D eigenvalue weighted by Gasteiger charge is -1.93. The normalized spacial score (nSPS) is 12.5. The highest BCUT2D eigenvalue weighted by Crippen LogP contribution is 2.10. The third-order valence-corrected chi connectivity index (χ3v) is 4.85. The fraction of sp³-hybridized carbons (Fsp3) is 0.0500. The Labute approximate surface area is 152 Å². The summed E-state index contributed by atoms with van der Waals surface area (Å²) in [6.07, 6.45) is 5.19. The van der Waals surface area contributed by atoms with E-state index in [0.717, 1.165) is 5.56 Å². The van der Waals surface area contributed by atoms with E-state index in [-0.39, 0.29) is 11.4 Å². The summed E-state index contributed by atoms with van der Waals surface area (Å²) in [6.45, 7) is 2.03. The van der Waals surface area contributed by atoms with Crippen molar-refractivity contribution >= 4 is 34.5 Å². The molecule has 0 radical (unpaired) electrons. The van der Waals surface area contributed by atoms with Crippen LogP contribution in [0.15, 0.2) is 53.3 Å². The van der Waals surface area contributed by atoms with Crippen LogP contribution in [0.2, 0.25) is 0 Å². The van der Waals surface area contributed by atoms with Gasteiger partial charge in [0.1, 0.15) is 5.82 Å². The smallest absolute Gasteiger partial charge is 0.266 e. The summed E-state index contributed by atoms with van der Waals surface area (Å²) in [5.74, 6) is 0.0963. The summed E-state index contributed by atoms with van der Waals surface area (Å²) in [5.41, 5.74) is 2.30. The Morgan fingerprint density at radius 1 is 1.08 bits per heavy atom. The molecule has 0 amide bonds. The van der Waals surface area contributed by atoms with Crippen LogP contribution in [0.25, 0.3) is 23.2 Å². The molecule has 0 aliphatic heterocycles. The van der Waals surface area contributed by atoms with Gasteiger partial charge in [0.05, 0.1) is 4.53 Å². The number of fused-ring (bicyclic) bond motifs is 1. The number of hydrogen-bond acceptors (Lipinski definition) is 4. The highest BCUT2D eigenvalue weighted by Gasteiger charge is 2.09. The second-order valence-electron chi connectivity index (χ2n) is 5.85. The molecule has 4 aromatic rings. The molecule has 4 nitrogen and oxygen atoms in total. The first-order chi connectivity index (χ1) is 12.6. The molecule has 0 aliphatic rings. The van der Waals surface area contributed by atoms with Crippen molar-refractivity contribution in [3.8, 4) is 0 Å². The fourth-order valence-electron chi connectivity index (χ4n) is 2.50. The highest BCUT2D eigenvalue weighted by atomic mass is 32.1. The first-order valence-corrected chi connectivity index (χ1v) is 8.82. The molecule has 2 aromatic carbocycles. The summed E-state index contributed by atoms with van der Waals surface area (Å²) in [4.78, 5) is 17.3. The SMILES string of the molecule is Cc1ccc(/C=C/c2nc3s/c(=C/c4ccccc4F)c(=O)n3n2)cc1. The molecule has 2 aromatic heterocycles. The van der Waals surface area contributed by atoms with Gasteiger partial charge in [-0.15, -0.1) is 5.10 Å². The van der Waals surface area contributed by atoms with Crippen LogP contribution in [0.1, 0.15) is 22.5 Å². The lowest BCUT2D eigenvalue weighted by Crippen LogP contribution is -2.23. The zero-order chi connectivity index (χ0) is 18.1. The number of nitrogens with zero attached hydrogens (tertiary/aromatic N) is 3. The predicted octanol–water partition coefficient (Wildman–Crippen LogP) is 3.32. The first-order valence-electron chi connectivity index (χ1n) is 8.01. The Hall–Kier alpha value is -3.12. The van der Waals surface area contributed by atoms with Crippen molar-refractivity contribution < 1.29 is 4.39 Å². The number of thiazole rings is 1. The number of aromatic nitrogens is 3. The molecule has 0 saturated carbocycles. The average Bonchev–Trinajstić information content (AvgIpc) is 3.16.